The minimum absolute atomic E-state index is 0.0507. The SMILES string of the molecule is CNC(C)c1c(NS(C)(=O)=O)cccc1C(N)c1ccccc1. The van der Waals surface area contributed by atoms with E-state index in [0.717, 1.165) is 22.9 Å². The van der Waals surface area contributed by atoms with Crippen molar-refractivity contribution in [2.24, 2.45) is 5.73 Å². The van der Waals surface area contributed by atoms with Gasteiger partial charge < -0.3 is 11.1 Å². The number of rotatable bonds is 6. The van der Waals surface area contributed by atoms with Gasteiger partial charge in [0.2, 0.25) is 10.0 Å². The Bertz CT molecular complexity index is 761. The van der Waals surface area contributed by atoms with Gasteiger partial charge in [-0.1, -0.05) is 42.5 Å². The van der Waals surface area contributed by atoms with Crippen LogP contribution in [0.5, 0.6) is 0 Å². The molecule has 2 unspecified atom stereocenters. The van der Waals surface area contributed by atoms with Crippen LogP contribution in [0, 0.1) is 0 Å². The van der Waals surface area contributed by atoms with Gasteiger partial charge in [-0.15, -0.1) is 0 Å². The molecule has 0 amide bonds. The molecule has 0 aliphatic carbocycles. The van der Waals surface area contributed by atoms with Crippen molar-refractivity contribution in [2.75, 3.05) is 18.0 Å². The predicted octanol–water partition coefficient (Wildman–Crippen LogP) is 2.39. The van der Waals surface area contributed by atoms with Gasteiger partial charge in [-0.25, -0.2) is 8.42 Å². The lowest BCUT2D eigenvalue weighted by molar-refractivity contribution is 0.606. The largest absolute Gasteiger partial charge is 0.320 e. The standard InChI is InChI=1S/C17H23N3O2S/c1-12(19-2)16-14(17(18)13-8-5-4-6-9-13)10-7-11-15(16)20-23(3,21)22/h4-12,17,19-20H,18H2,1-3H3. The Morgan fingerprint density at radius 3 is 2.26 bits per heavy atom. The molecule has 2 aromatic rings. The molecule has 0 saturated carbocycles. The molecule has 0 fully saturated rings. The zero-order chi connectivity index (χ0) is 17.0. The first-order chi connectivity index (χ1) is 10.8. The quantitative estimate of drug-likeness (QED) is 0.758. The number of hydrogen-bond acceptors (Lipinski definition) is 4. The average Bonchev–Trinajstić information content (AvgIpc) is 2.52. The van der Waals surface area contributed by atoms with E-state index in [-0.39, 0.29) is 12.1 Å². The van der Waals surface area contributed by atoms with Crippen LogP contribution in [-0.4, -0.2) is 21.7 Å². The second kappa shape index (κ2) is 7.12. The highest BCUT2D eigenvalue weighted by molar-refractivity contribution is 7.92. The fourth-order valence-electron chi connectivity index (χ4n) is 2.61. The molecule has 0 aliphatic rings. The maximum Gasteiger partial charge on any atom is 0.229 e. The van der Waals surface area contributed by atoms with E-state index in [0.29, 0.717) is 5.69 Å². The molecule has 0 spiro atoms. The van der Waals surface area contributed by atoms with Gasteiger partial charge in [0.25, 0.3) is 0 Å². The first-order valence-corrected chi connectivity index (χ1v) is 9.31. The monoisotopic (exact) mass is 333 g/mol. The van der Waals surface area contributed by atoms with Crippen LogP contribution < -0.4 is 15.8 Å². The minimum atomic E-state index is -3.37. The van der Waals surface area contributed by atoms with Crippen LogP contribution in [0.3, 0.4) is 0 Å². The Hall–Kier alpha value is -1.89. The third-order valence-corrected chi connectivity index (χ3v) is 4.39. The Balaban J connectivity index is 2.56. The molecule has 0 aliphatic heterocycles. The van der Waals surface area contributed by atoms with Gasteiger partial charge in [-0.3, -0.25) is 4.72 Å². The smallest absolute Gasteiger partial charge is 0.229 e. The number of sulfonamides is 1. The lowest BCUT2D eigenvalue weighted by Gasteiger charge is -2.24. The maximum atomic E-state index is 11.7. The summed E-state index contributed by atoms with van der Waals surface area (Å²) < 4.78 is 25.9. The van der Waals surface area contributed by atoms with Gasteiger partial charge >= 0.3 is 0 Å². The van der Waals surface area contributed by atoms with Crippen molar-refractivity contribution >= 4 is 15.7 Å². The Kier molecular flexibility index (Phi) is 5.41. The van der Waals surface area contributed by atoms with Crippen molar-refractivity contribution in [3.05, 3.63) is 65.2 Å². The average molecular weight is 333 g/mol. The van der Waals surface area contributed by atoms with Crippen molar-refractivity contribution in [3.8, 4) is 0 Å². The highest BCUT2D eigenvalue weighted by Crippen LogP contribution is 2.33. The lowest BCUT2D eigenvalue weighted by atomic mass is 9.91. The second-order valence-corrected chi connectivity index (χ2v) is 7.33. The molecule has 4 N–H and O–H groups in total. The van der Waals surface area contributed by atoms with Gasteiger partial charge in [0.05, 0.1) is 18.0 Å². The highest BCUT2D eigenvalue weighted by Gasteiger charge is 2.20. The van der Waals surface area contributed by atoms with E-state index in [1.807, 2.05) is 56.4 Å². The van der Waals surface area contributed by atoms with Gasteiger partial charge in [0.15, 0.2) is 0 Å². The number of anilines is 1. The van der Waals surface area contributed by atoms with Crippen molar-refractivity contribution in [1.82, 2.24) is 5.32 Å². The zero-order valence-electron chi connectivity index (χ0n) is 13.6. The number of nitrogens with two attached hydrogens (primary N) is 1. The Labute approximate surface area is 138 Å². The summed E-state index contributed by atoms with van der Waals surface area (Å²) in [5.41, 5.74) is 9.72. The van der Waals surface area contributed by atoms with Crippen molar-refractivity contribution in [1.29, 1.82) is 0 Å². The molecule has 5 nitrogen and oxygen atoms in total. The summed E-state index contributed by atoms with van der Waals surface area (Å²) in [5, 5.41) is 3.16. The van der Waals surface area contributed by atoms with Crippen molar-refractivity contribution in [3.63, 3.8) is 0 Å². The van der Waals surface area contributed by atoms with E-state index in [4.69, 9.17) is 5.73 Å². The molecule has 0 radical (unpaired) electrons. The number of hydrogen-bond donors (Lipinski definition) is 3. The Morgan fingerprint density at radius 2 is 1.70 bits per heavy atom. The van der Waals surface area contributed by atoms with Crippen LogP contribution in [0.4, 0.5) is 5.69 Å². The minimum Gasteiger partial charge on any atom is -0.320 e. The summed E-state index contributed by atoms with van der Waals surface area (Å²) in [6.45, 7) is 1.98. The molecule has 6 heteroatoms. The van der Waals surface area contributed by atoms with E-state index in [9.17, 15) is 8.42 Å². The molecule has 0 saturated heterocycles. The molecular formula is C17H23N3O2S. The molecule has 2 atom stereocenters. The van der Waals surface area contributed by atoms with Crippen LogP contribution in [-0.2, 0) is 10.0 Å². The summed E-state index contributed by atoms with van der Waals surface area (Å²) in [6.07, 6.45) is 1.14. The van der Waals surface area contributed by atoms with E-state index < -0.39 is 10.0 Å². The first kappa shape index (κ1) is 17.5. The van der Waals surface area contributed by atoms with Gasteiger partial charge in [-0.05, 0) is 36.7 Å². The van der Waals surface area contributed by atoms with Crippen LogP contribution in [0.25, 0.3) is 0 Å². The van der Waals surface area contributed by atoms with E-state index >= 15 is 0 Å². The fourth-order valence-corrected chi connectivity index (χ4v) is 3.19. The molecule has 0 bridgehead atoms. The molecular weight excluding hydrogens is 310 g/mol. The lowest BCUT2D eigenvalue weighted by Crippen LogP contribution is -2.22. The van der Waals surface area contributed by atoms with Gasteiger partial charge in [0, 0.05) is 6.04 Å². The molecule has 0 heterocycles. The van der Waals surface area contributed by atoms with Crippen molar-refractivity contribution in [2.45, 2.75) is 19.0 Å². The third kappa shape index (κ3) is 4.31. The molecule has 0 aromatic heterocycles. The summed E-state index contributed by atoms with van der Waals surface area (Å²) in [6, 6.07) is 14.9. The summed E-state index contributed by atoms with van der Waals surface area (Å²) in [5.74, 6) is 0. The molecule has 23 heavy (non-hydrogen) atoms. The van der Waals surface area contributed by atoms with E-state index in [1.54, 1.807) is 6.07 Å². The van der Waals surface area contributed by atoms with Crippen LogP contribution in [0.15, 0.2) is 48.5 Å². The van der Waals surface area contributed by atoms with E-state index in [2.05, 4.69) is 10.0 Å². The second-order valence-electron chi connectivity index (χ2n) is 5.58. The summed E-state index contributed by atoms with van der Waals surface area (Å²) in [7, 11) is -1.53. The molecule has 2 aromatic carbocycles. The van der Waals surface area contributed by atoms with Crippen LogP contribution >= 0.6 is 0 Å². The summed E-state index contributed by atoms with van der Waals surface area (Å²) in [4.78, 5) is 0. The highest BCUT2D eigenvalue weighted by atomic mass is 32.2. The van der Waals surface area contributed by atoms with Crippen LogP contribution in [0.1, 0.15) is 35.7 Å². The molecule has 124 valence electrons. The topological polar surface area (TPSA) is 84.2 Å². The number of nitrogens with one attached hydrogen (secondary N) is 2. The van der Waals surface area contributed by atoms with Crippen molar-refractivity contribution < 1.29 is 8.42 Å². The molecule has 2 rings (SSSR count). The third-order valence-electron chi connectivity index (χ3n) is 3.79. The van der Waals surface area contributed by atoms with Gasteiger partial charge in [0.1, 0.15) is 0 Å². The summed E-state index contributed by atoms with van der Waals surface area (Å²) >= 11 is 0. The zero-order valence-corrected chi connectivity index (χ0v) is 14.4. The van der Waals surface area contributed by atoms with Crippen LogP contribution in [0.2, 0.25) is 0 Å². The normalized spacial score (nSPS) is 14.3. The predicted molar refractivity (Wildman–Crippen MR) is 94.9 cm³/mol. The Morgan fingerprint density at radius 1 is 1.04 bits per heavy atom. The number of benzene rings is 2. The van der Waals surface area contributed by atoms with Gasteiger partial charge in [-0.2, -0.15) is 0 Å². The fraction of sp³-hybridized carbons (Fsp3) is 0.294. The maximum absolute atomic E-state index is 11.7. The first-order valence-electron chi connectivity index (χ1n) is 7.42. The van der Waals surface area contributed by atoms with E-state index in [1.165, 1.54) is 0 Å².